The van der Waals surface area contributed by atoms with Crippen molar-refractivity contribution < 1.29 is 14.3 Å². The highest BCUT2D eigenvalue weighted by Crippen LogP contribution is 2.36. The molecule has 0 heterocycles. The Labute approximate surface area is 174 Å². The van der Waals surface area contributed by atoms with Gasteiger partial charge < -0.3 is 9.47 Å². The number of rotatable bonds is 8. The predicted octanol–water partition coefficient (Wildman–Crippen LogP) is 4.94. The Morgan fingerprint density at radius 3 is 2.34 bits per heavy atom. The summed E-state index contributed by atoms with van der Waals surface area (Å²) in [6.45, 7) is 11.2. The van der Waals surface area contributed by atoms with Crippen LogP contribution >= 0.6 is 0 Å². The van der Waals surface area contributed by atoms with E-state index in [0.29, 0.717) is 5.75 Å². The van der Waals surface area contributed by atoms with Crippen LogP contribution < -0.4 is 14.9 Å². The average Bonchev–Trinajstić information content (AvgIpc) is 2.65. The molecule has 0 aliphatic carbocycles. The summed E-state index contributed by atoms with van der Waals surface area (Å²) in [5, 5.41) is 3.95. The molecule has 2 rings (SSSR count). The Bertz CT molecular complexity index is 834. The van der Waals surface area contributed by atoms with E-state index >= 15 is 0 Å². The zero-order chi connectivity index (χ0) is 21.5. The number of hydrogen-bond donors (Lipinski definition) is 1. The number of amides is 1. The van der Waals surface area contributed by atoms with Crippen LogP contribution in [0.25, 0.3) is 0 Å². The van der Waals surface area contributed by atoms with Gasteiger partial charge in [-0.1, -0.05) is 58.9 Å². The van der Waals surface area contributed by atoms with Crippen LogP contribution in [0.4, 0.5) is 0 Å². The molecule has 5 nitrogen and oxygen atoms in total. The fraction of sp³-hybridized carbons (Fsp3) is 0.417. The molecule has 1 amide bonds. The highest BCUT2D eigenvalue weighted by atomic mass is 16.5. The van der Waals surface area contributed by atoms with Crippen LogP contribution in [0.2, 0.25) is 0 Å². The first kappa shape index (κ1) is 22.5. The van der Waals surface area contributed by atoms with Crippen molar-refractivity contribution in [1.82, 2.24) is 5.43 Å². The lowest BCUT2D eigenvalue weighted by molar-refractivity contribution is -0.123. The van der Waals surface area contributed by atoms with Crippen LogP contribution in [0.1, 0.15) is 52.2 Å². The second-order valence-electron chi connectivity index (χ2n) is 9.00. The van der Waals surface area contributed by atoms with Gasteiger partial charge in [0.2, 0.25) is 0 Å². The number of ether oxygens (including phenoxy) is 2. The van der Waals surface area contributed by atoms with Gasteiger partial charge in [0.1, 0.15) is 11.5 Å². The Balaban J connectivity index is 1.85. The molecule has 5 heteroatoms. The van der Waals surface area contributed by atoms with Crippen molar-refractivity contribution >= 4 is 12.1 Å². The minimum atomic E-state index is -0.318. The fourth-order valence-corrected chi connectivity index (χ4v) is 3.51. The number of nitrogens with zero attached hydrogens (tertiary/aromatic N) is 1. The number of benzene rings is 2. The van der Waals surface area contributed by atoms with Gasteiger partial charge in [0.25, 0.3) is 5.91 Å². The molecule has 156 valence electrons. The van der Waals surface area contributed by atoms with Crippen molar-refractivity contribution in [1.29, 1.82) is 0 Å². The quantitative estimate of drug-likeness (QED) is 0.508. The molecule has 2 aromatic carbocycles. The van der Waals surface area contributed by atoms with Gasteiger partial charge in [-0.15, -0.1) is 0 Å². The summed E-state index contributed by atoms with van der Waals surface area (Å²) in [7, 11) is 1.60. The largest absolute Gasteiger partial charge is 0.497 e. The first-order chi connectivity index (χ1) is 13.6. The summed E-state index contributed by atoms with van der Waals surface area (Å²) < 4.78 is 10.7. The summed E-state index contributed by atoms with van der Waals surface area (Å²) in [5.41, 5.74) is 4.88. The van der Waals surface area contributed by atoms with Gasteiger partial charge in [0.05, 0.1) is 13.3 Å². The molecule has 0 bridgehead atoms. The van der Waals surface area contributed by atoms with E-state index in [0.717, 1.165) is 17.7 Å². The minimum absolute atomic E-state index is 0.0724. The maximum atomic E-state index is 11.9. The molecule has 0 fully saturated rings. The average molecular weight is 397 g/mol. The van der Waals surface area contributed by atoms with E-state index in [-0.39, 0.29) is 23.3 Å². The number of hydrazone groups is 1. The minimum Gasteiger partial charge on any atom is -0.497 e. The molecule has 0 saturated carbocycles. The number of nitrogens with one attached hydrogen (secondary N) is 1. The van der Waals surface area contributed by atoms with Crippen molar-refractivity contribution in [3.63, 3.8) is 0 Å². The van der Waals surface area contributed by atoms with Crippen molar-refractivity contribution in [2.75, 3.05) is 13.7 Å². The summed E-state index contributed by atoms with van der Waals surface area (Å²) in [6, 6.07) is 15.4. The highest BCUT2D eigenvalue weighted by Gasteiger charge is 2.27. The van der Waals surface area contributed by atoms with Gasteiger partial charge >= 0.3 is 0 Å². The van der Waals surface area contributed by atoms with Crippen LogP contribution in [0.15, 0.2) is 53.6 Å². The topological polar surface area (TPSA) is 59.9 Å². The monoisotopic (exact) mass is 396 g/mol. The van der Waals surface area contributed by atoms with Crippen LogP contribution in [0.5, 0.6) is 11.5 Å². The molecule has 0 aromatic heterocycles. The van der Waals surface area contributed by atoms with Crippen LogP contribution in [-0.2, 0) is 10.2 Å². The van der Waals surface area contributed by atoms with E-state index in [1.54, 1.807) is 13.3 Å². The Morgan fingerprint density at radius 1 is 1.03 bits per heavy atom. The molecule has 29 heavy (non-hydrogen) atoms. The number of carbonyl (C=O) groups is 1. The van der Waals surface area contributed by atoms with Crippen molar-refractivity contribution in [3.8, 4) is 11.5 Å². The lowest BCUT2D eigenvalue weighted by Gasteiger charge is -2.33. The third-order valence-corrected chi connectivity index (χ3v) is 4.47. The van der Waals surface area contributed by atoms with E-state index < -0.39 is 0 Å². The van der Waals surface area contributed by atoms with E-state index in [1.165, 1.54) is 5.56 Å². The number of methoxy groups -OCH3 is 1. The van der Waals surface area contributed by atoms with E-state index in [4.69, 9.17) is 9.47 Å². The lowest BCUT2D eigenvalue weighted by Crippen LogP contribution is -2.25. The van der Waals surface area contributed by atoms with Gasteiger partial charge in [-0.05, 0) is 52.6 Å². The van der Waals surface area contributed by atoms with Gasteiger partial charge in [-0.25, -0.2) is 5.43 Å². The number of carbonyl (C=O) groups excluding carboxylic acids is 1. The Morgan fingerprint density at radius 2 is 1.72 bits per heavy atom. The van der Waals surface area contributed by atoms with Crippen LogP contribution in [0, 0.1) is 5.41 Å². The molecule has 2 aromatic rings. The lowest BCUT2D eigenvalue weighted by atomic mass is 9.72. The summed E-state index contributed by atoms with van der Waals surface area (Å²) >= 11 is 0. The SMILES string of the molecule is COc1cccc(/C=N/NC(=O)COc2ccc(C(C)(C)CC(C)(C)C)cc2)c1. The zero-order valence-corrected chi connectivity index (χ0v) is 18.3. The maximum absolute atomic E-state index is 11.9. The second-order valence-corrected chi connectivity index (χ2v) is 9.00. The highest BCUT2D eigenvalue weighted by molar-refractivity contribution is 5.83. The number of hydrogen-bond acceptors (Lipinski definition) is 4. The van der Waals surface area contributed by atoms with E-state index in [9.17, 15) is 4.79 Å². The van der Waals surface area contributed by atoms with Gasteiger partial charge in [-0.3, -0.25) is 4.79 Å². The van der Waals surface area contributed by atoms with Crippen molar-refractivity contribution in [2.45, 2.75) is 46.5 Å². The van der Waals surface area contributed by atoms with E-state index in [1.807, 2.05) is 36.4 Å². The molecular formula is C24H32N2O3. The molecule has 0 spiro atoms. The Kier molecular flexibility index (Phi) is 7.43. The summed E-state index contributed by atoms with van der Waals surface area (Å²) in [6.07, 6.45) is 2.64. The van der Waals surface area contributed by atoms with Crippen molar-refractivity contribution in [2.24, 2.45) is 10.5 Å². The third-order valence-electron chi connectivity index (χ3n) is 4.47. The molecule has 0 saturated heterocycles. The zero-order valence-electron chi connectivity index (χ0n) is 18.3. The molecular weight excluding hydrogens is 364 g/mol. The van der Waals surface area contributed by atoms with Gasteiger partial charge in [-0.2, -0.15) is 5.10 Å². The van der Waals surface area contributed by atoms with Crippen molar-refractivity contribution in [3.05, 3.63) is 59.7 Å². The van der Waals surface area contributed by atoms with Crippen LogP contribution in [0.3, 0.4) is 0 Å². The first-order valence-electron chi connectivity index (χ1n) is 9.78. The second kappa shape index (κ2) is 9.59. The molecule has 1 N–H and O–H groups in total. The Hall–Kier alpha value is -2.82. The summed E-state index contributed by atoms with van der Waals surface area (Å²) in [4.78, 5) is 11.9. The fourth-order valence-electron chi connectivity index (χ4n) is 3.51. The van der Waals surface area contributed by atoms with Gasteiger partial charge in [0.15, 0.2) is 6.61 Å². The molecule has 0 aliphatic heterocycles. The smallest absolute Gasteiger partial charge is 0.277 e. The van der Waals surface area contributed by atoms with E-state index in [2.05, 4.69) is 57.3 Å². The maximum Gasteiger partial charge on any atom is 0.277 e. The third kappa shape index (κ3) is 7.60. The van der Waals surface area contributed by atoms with Crippen LogP contribution in [-0.4, -0.2) is 25.8 Å². The molecule has 0 unspecified atom stereocenters. The normalized spacial score (nSPS) is 12.1. The first-order valence-corrected chi connectivity index (χ1v) is 9.78. The summed E-state index contributed by atoms with van der Waals surface area (Å²) in [5.74, 6) is 1.08. The standard InChI is InChI=1S/C24H32N2O3/c1-23(2,3)17-24(4,5)19-10-12-20(13-11-19)29-16-22(27)26-25-15-18-8-7-9-21(14-18)28-6/h7-15H,16-17H2,1-6H3,(H,26,27)/b25-15+. The predicted molar refractivity (Wildman–Crippen MR) is 118 cm³/mol. The molecule has 0 aliphatic rings. The molecule has 0 radical (unpaired) electrons. The molecule has 0 atom stereocenters. The van der Waals surface area contributed by atoms with Gasteiger partial charge in [0, 0.05) is 0 Å².